The Hall–Kier alpha value is -1.62. The fraction of sp³-hybridized carbons (Fsp3) is 0.500. The first kappa shape index (κ1) is 13.8. The van der Waals surface area contributed by atoms with Crippen molar-refractivity contribution in [1.82, 2.24) is 10.6 Å². The number of ether oxygens (including phenoxy) is 1. The number of hydrogen-bond acceptors (Lipinski definition) is 3. The van der Waals surface area contributed by atoms with Crippen molar-refractivity contribution in [1.29, 1.82) is 0 Å². The Kier molecular flexibility index (Phi) is 4.37. The lowest BCUT2D eigenvalue weighted by Gasteiger charge is -2.17. The number of rotatable bonds is 6. The molecule has 0 radical (unpaired) electrons. The first-order valence-electron chi connectivity index (χ1n) is 6.47. The lowest BCUT2D eigenvalue weighted by atomic mass is 10.1. The lowest BCUT2D eigenvalue weighted by Crippen LogP contribution is -2.36. The molecule has 1 aromatic carbocycles. The van der Waals surface area contributed by atoms with Gasteiger partial charge in [-0.25, -0.2) is 4.39 Å². The van der Waals surface area contributed by atoms with Crippen molar-refractivity contribution in [3.63, 3.8) is 0 Å². The van der Waals surface area contributed by atoms with Gasteiger partial charge in [-0.2, -0.15) is 0 Å². The summed E-state index contributed by atoms with van der Waals surface area (Å²) in [7, 11) is 1.50. The molecule has 0 bridgehead atoms. The van der Waals surface area contributed by atoms with Gasteiger partial charge in [0, 0.05) is 17.6 Å². The average Bonchev–Trinajstić information content (AvgIpc) is 3.19. The molecule has 0 spiro atoms. The van der Waals surface area contributed by atoms with Gasteiger partial charge in [0.25, 0.3) is 0 Å². The Morgan fingerprint density at radius 1 is 1.53 bits per heavy atom. The van der Waals surface area contributed by atoms with Crippen LogP contribution in [0.25, 0.3) is 0 Å². The molecule has 1 atom stereocenters. The van der Waals surface area contributed by atoms with E-state index in [1.165, 1.54) is 13.2 Å². The second-order valence-electron chi connectivity index (χ2n) is 4.80. The highest BCUT2D eigenvalue weighted by atomic mass is 19.1. The van der Waals surface area contributed by atoms with E-state index in [9.17, 15) is 9.18 Å². The van der Waals surface area contributed by atoms with Gasteiger partial charge in [0.1, 0.15) is 11.6 Å². The maximum absolute atomic E-state index is 13.8. The lowest BCUT2D eigenvalue weighted by molar-refractivity contribution is -0.120. The van der Waals surface area contributed by atoms with Gasteiger partial charge < -0.3 is 15.4 Å². The van der Waals surface area contributed by atoms with Gasteiger partial charge in [0.05, 0.1) is 13.7 Å². The normalized spacial score (nSPS) is 15.9. The molecule has 0 aliphatic heterocycles. The topological polar surface area (TPSA) is 50.4 Å². The molecule has 1 aromatic rings. The summed E-state index contributed by atoms with van der Waals surface area (Å²) >= 11 is 0. The van der Waals surface area contributed by atoms with Gasteiger partial charge in [-0.3, -0.25) is 4.79 Å². The predicted molar refractivity (Wildman–Crippen MR) is 70.5 cm³/mol. The predicted octanol–water partition coefficient (Wildman–Crippen LogP) is 1.76. The van der Waals surface area contributed by atoms with Gasteiger partial charge in [-0.05, 0) is 31.9 Å². The van der Waals surface area contributed by atoms with Crippen molar-refractivity contribution in [3.8, 4) is 5.75 Å². The van der Waals surface area contributed by atoms with Crippen molar-refractivity contribution >= 4 is 5.91 Å². The Balaban J connectivity index is 1.94. The third kappa shape index (κ3) is 3.67. The first-order chi connectivity index (χ1) is 9.11. The largest absolute Gasteiger partial charge is 0.496 e. The monoisotopic (exact) mass is 266 g/mol. The van der Waals surface area contributed by atoms with Crippen LogP contribution in [0.2, 0.25) is 0 Å². The standard InChI is InChI=1S/C14H19FN2O2/c1-9(16-8-13(18)17-10-6-7-10)14-11(15)4-3-5-12(14)19-2/h3-5,9-10,16H,6-8H2,1-2H3,(H,17,18). The van der Waals surface area contributed by atoms with E-state index in [4.69, 9.17) is 4.74 Å². The van der Waals surface area contributed by atoms with E-state index in [-0.39, 0.29) is 24.3 Å². The van der Waals surface area contributed by atoms with Crippen LogP contribution in [-0.4, -0.2) is 25.6 Å². The highest BCUT2D eigenvalue weighted by molar-refractivity contribution is 5.78. The van der Waals surface area contributed by atoms with Crippen molar-refractivity contribution in [2.75, 3.05) is 13.7 Å². The molecule has 2 rings (SSSR count). The quantitative estimate of drug-likeness (QED) is 0.825. The van der Waals surface area contributed by atoms with Crippen LogP contribution < -0.4 is 15.4 Å². The van der Waals surface area contributed by atoms with Crippen LogP contribution in [-0.2, 0) is 4.79 Å². The average molecular weight is 266 g/mol. The van der Waals surface area contributed by atoms with Crippen LogP contribution >= 0.6 is 0 Å². The Morgan fingerprint density at radius 3 is 2.89 bits per heavy atom. The van der Waals surface area contributed by atoms with E-state index in [0.29, 0.717) is 17.4 Å². The zero-order valence-electron chi connectivity index (χ0n) is 11.2. The molecule has 0 heterocycles. The van der Waals surface area contributed by atoms with E-state index in [2.05, 4.69) is 10.6 Å². The molecule has 1 aliphatic rings. The molecule has 0 saturated heterocycles. The minimum Gasteiger partial charge on any atom is -0.496 e. The van der Waals surface area contributed by atoms with E-state index in [1.807, 2.05) is 6.92 Å². The van der Waals surface area contributed by atoms with Crippen molar-refractivity contribution in [2.24, 2.45) is 0 Å². The molecule has 1 saturated carbocycles. The van der Waals surface area contributed by atoms with Gasteiger partial charge in [0.15, 0.2) is 0 Å². The number of halogens is 1. The molecule has 4 nitrogen and oxygen atoms in total. The van der Waals surface area contributed by atoms with E-state index >= 15 is 0 Å². The van der Waals surface area contributed by atoms with E-state index in [1.54, 1.807) is 12.1 Å². The van der Waals surface area contributed by atoms with Crippen molar-refractivity contribution < 1.29 is 13.9 Å². The first-order valence-corrected chi connectivity index (χ1v) is 6.47. The molecule has 104 valence electrons. The number of carbonyl (C=O) groups is 1. The van der Waals surface area contributed by atoms with Crippen LogP contribution in [0.5, 0.6) is 5.75 Å². The molecule has 19 heavy (non-hydrogen) atoms. The maximum atomic E-state index is 13.8. The summed E-state index contributed by atoms with van der Waals surface area (Å²) < 4.78 is 19.0. The van der Waals surface area contributed by atoms with Gasteiger partial charge in [-0.1, -0.05) is 6.07 Å². The molecule has 0 aromatic heterocycles. The summed E-state index contributed by atoms with van der Waals surface area (Å²) in [4.78, 5) is 11.6. The Morgan fingerprint density at radius 2 is 2.26 bits per heavy atom. The Bertz CT molecular complexity index is 461. The molecular formula is C14H19FN2O2. The van der Waals surface area contributed by atoms with Crippen LogP contribution in [0.15, 0.2) is 18.2 Å². The zero-order valence-corrected chi connectivity index (χ0v) is 11.2. The van der Waals surface area contributed by atoms with Crippen molar-refractivity contribution in [2.45, 2.75) is 31.8 Å². The number of carbonyl (C=O) groups excluding carboxylic acids is 1. The van der Waals surface area contributed by atoms with Crippen LogP contribution in [0, 0.1) is 5.82 Å². The fourth-order valence-electron chi connectivity index (χ4n) is 1.97. The number of amides is 1. The van der Waals surface area contributed by atoms with E-state index in [0.717, 1.165) is 12.8 Å². The minimum absolute atomic E-state index is 0.0512. The molecule has 1 fully saturated rings. The minimum atomic E-state index is -0.332. The molecule has 1 aliphatic carbocycles. The second kappa shape index (κ2) is 6.02. The summed E-state index contributed by atoms with van der Waals surface area (Å²) in [6.45, 7) is 1.99. The summed E-state index contributed by atoms with van der Waals surface area (Å²) in [5.41, 5.74) is 0.448. The Labute approximate surface area is 112 Å². The third-order valence-electron chi connectivity index (χ3n) is 3.18. The second-order valence-corrected chi connectivity index (χ2v) is 4.80. The summed E-state index contributed by atoms with van der Waals surface area (Å²) in [5.74, 6) is 0.106. The van der Waals surface area contributed by atoms with Crippen molar-refractivity contribution in [3.05, 3.63) is 29.6 Å². The van der Waals surface area contributed by atoms with E-state index < -0.39 is 0 Å². The summed E-state index contributed by atoms with van der Waals surface area (Å²) in [6, 6.07) is 4.75. The molecule has 5 heteroatoms. The smallest absolute Gasteiger partial charge is 0.234 e. The number of methoxy groups -OCH3 is 1. The highest BCUT2D eigenvalue weighted by Gasteiger charge is 2.23. The van der Waals surface area contributed by atoms with Gasteiger partial charge >= 0.3 is 0 Å². The van der Waals surface area contributed by atoms with Crippen LogP contribution in [0.4, 0.5) is 4.39 Å². The van der Waals surface area contributed by atoms with Crippen LogP contribution in [0.3, 0.4) is 0 Å². The summed E-state index contributed by atoms with van der Waals surface area (Å²) in [5, 5.41) is 5.89. The highest BCUT2D eigenvalue weighted by Crippen LogP contribution is 2.27. The fourth-order valence-corrected chi connectivity index (χ4v) is 1.97. The SMILES string of the molecule is COc1cccc(F)c1C(C)NCC(=O)NC1CC1. The van der Waals surface area contributed by atoms with Crippen LogP contribution in [0.1, 0.15) is 31.4 Å². The molecular weight excluding hydrogens is 247 g/mol. The molecule has 1 unspecified atom stereocenters. The summed E-state index contributed by atoms with van der Waals surface area (Å²) in [6.07, 6.45) is 2.12. The number of benzene rings is 1. The molecule has 1 amide bonds. The van der Waals surface area contributed by atoms with Gasteiger partial charge in [0.2, 0.25) is 5.91 Å². The third-order valence-corrected chi connectivity index (χ3v) is 3.18. The maximum Gasteiger partial charge on any atom is 0.234 e. The number of nitrogens with one attached hydrogen (secondary N) is 2. The molecule has 2 N–H and O–H groups in total. The van der Waals surface area contributed by atoms with Gasteiger partial charge in [-0.15, -0.1) is 0 Å². The number of hydrogen-bond donors (Lipinski definition) is 2. The zero-order chi connectivity index (χ0) is 13.8.